The van der Waals surface area contributed by atoms with E-state index in [1.807, 2.05) is 24.6 Å². The van der Waals surface area contributed by atoms with Crippen LogP contribution in [0.25, 0.3) is 5.69 Å². The second-order valence-corrected chi connectivity index (χ2v) is 8.26. The first kappa shape index (κ1) is 21.8. The van der Waals surface area contributed by atoms with Gasteiger partial charge in [-0.15, -0.1) is 0 Å². The lowest BCUT2D eigenvalue weighted by atomic mass is 10.0. The lowest BCUT2D eigenvalue weighted by Gasteiger charge is -2.27. The Bertz CT molecular complexity index is 1170. The Balaban J connectivity index is 1.67. The molecule has 0 saturated carbocycles. The van der Waals surface area contributed by atoms with Gasteiger partial charge in [-0.25, -0.2) is 14.6 Å². The summed E-state index contributed by atoms with van der Waals surface area (Å²) in [6, 6.07) is 8.53. The number of carbonyl (C=O) groups excluding carboxylic acids is 2. The van der Waals surface area contributed by atoms with Crippen LogP contribution >= 0.6 is 11.8 Å². The summed E-state index contributed by atoms with van der Waals surface area (Å²) in [6.07, 6.45) is 5.14. The SMILES string of the molecule is CCOC(=O)C1=C(CSc2nccn2-c2cc(C)ccc2C)NC(=O)N[C@@H]1c1ccco1. The second kappa shape index (κ2) is 9.35. The van der Waals surface area contributed by atoms with Crippen molar-refractivity contribution in [1.82, 2.24) is 20.2 Å². The molecule has 3 aromatic rings. The number of amides is 2. The molecule has 0 unspecified atom stereocenters. The minimum atomic E-state index is -0.729. The summed E-state index contributed by atoms with van der Waals surface area (Å²) >= 11 is 1.42. The molecule has 2 aromatic heterocycles. The predicted molar refractivity (Wildman–Crippen MR) is 121 cm³/mol. The van der Waals surface area contributed by atoms with Gasteiger partial charge in [-0.3, -0.25) is 4.57 Å². The molecule has 2 N–H and O–H groups in total. The average molecular weight is 453 g/mol. The van der Waals surface area contributed by atoms with Crippen LogP contribution in [0, 0.1) is 13.8 Å². The maximum atomic E-state index is 12.8. The van der Waals surface area contributed by atoms with Crippen LogP contribution in [0.3, 0.4) is 0 Å². The summed E-state index contributed by atoms with van der Waals surface area (Å²) in [6.45, 7) is 6.05. The van der Waals surface area contributed by atoms with Gasteiger partial charge in [-0.05, 0) is 50.1 Å². The van der Waals surface area contributed by atoms with E-state index in [4.69, 9.17) is 9.15 Å². The monoisotopic (exact) mass is 452 g/mol. The lowest BCUT2D eigenvalue weighted by molar-refractivity contribution is -0.139. The number of esters is 1. The summed E-state index contributed by atoms with van der Waals surface area (Å²) in [4.78, 5) is 29.6. The van der Waals surface area contributed by atoms with Gasteiger partial charge in [0.05, 0.1) is 24.1 Å². The van der Waals surface area contributed by atoms with E-state index < -0.39 is 18.0 Å². The molecule has 1 aromatic carbocycles. The Hall–Kier alpha value is -3.46. The number of furan rings is 1. The van der Waals surface area contributed by atoms with Gasteiger partial charge in [0.25, 0.3) is 0 Å². The topological polar surface area (TPSA) is 98.4 Å². The zero-order valence-corrected chi connectivity index (χ0v) is 18.9. The minimum Gasteiger partial charge on any atom is -0.467 e. The number of nitrogens with one attached hydrogen (secondary N) is 2. The van der Waals surface area contributed by atoms with Crippen LogP contribution < -0.4 is 10.6 Å². The van der Waals surface area contributed by atoms with Crippen LogP contribution in [-0.4, -0.2) is 33.9 Å². The van der Waals surface area contributed by atoms with Gasteiger partial charge in [0.1, 0.15) is 11.8 Å². The number of benzene rings is 1. The molecule has 0 saturated heterocycles. The van der Waals surface area contributed by atoms with Crippen molar-refractivity contribution in [3.63, 3.8) is 0 Å². The molecule has 0 bridgehead atoms. The molecule has 1 aliphatic rings. The summed E-state index contributed by atoms with van der Waals surface area (Å²) in [5.41, 5.74) is 4.09. The van der Waals surface area contributed by atoms with Gasteiger partial charge >= 0.3 is 12.0 Å². The third kappa shape index (κ3) is 4.43. The molecule has 0 fully saturated rings. The molecule has 1 atom stereocenters. The van der Waals surface area contributed by atoms with Crippen molar-refractivity contribution in [2.75, 3.05) is 12.4 Å². The van der Waals surface area contributed by atoms with Crippen molar-refractivity contribution < 1.29 is 18.7 Å². The molecule has 166 valence electrons. The molecule has 8 nitrogen and oxygen atoms in total. The van der Waals surface area contributed by atoms with Crippen molar-refractivity contribution in [2.24, 2.45) is 0 Å². The van der Waals surface area contributed by atoms with Crippen molar-refractivity contribution >= 4 is 23.8 Å². The molecular weight excluding hydrogens is 428 g/mol. The minimum absolute atomic E-state index is 0.221. The van der Waals surface area contributed by atoms with E-state index >= 15 is 0 Å². The molecule has 0 radical (unpaired) electrons. The number of hydrogen-bond donors (Lipinski definition) is 2. The third-order valence-corrected chi connectivity index (χ3v) is 6.05. The van der Waals surface area contributed by atoms with E-state index in [0.29, 0.717) is 22.8 Å². The van der Waals surface area contributed by atoms with Crippen molar-refractivity contribution in [3.8, 4) is 5.69 Å². The number of urea groups is 1. The molecule has 1 aliphatic heterocycles. The molecule has 0 aliphatic carbocycles. The fourth-order valence-electron chi connectivity index (χ4n) is 3.55. The van der Waals surface area contributed by atoms with Crippen LogP contribution in [0.15, 0.2) is 69.8 Å². The van der Waals surface area contributed by atoms with E-state index in [1.165, 1.54) is 18.0 Å². The van der Waals surface area contributed by atoms with Gasteiger partial charge < -0.3 is 19.8 Å². The molecule has 3 heterocycles. The number of thioether (sulfide) groups is 1. The maximum Gasteiger partial charge on any atom is 0.338 e. The lowest BCUT2D eigenvalue weighted by Crippen LogP contribution is -2.46. The summed E-state index contributed by atoms with van der Waals surface area (Å²) in [5, 5.41) is 6.27. The Morgan fingerprint density at radius 2 is 2.16 bits per heavy atom. The molecule has 2 amide bonds. The predicted octanol–water partition coefficient (Wildman–Crippen LogP) is 4.05. The number of carbonyl (C=O) groups is 2. The van der Waals surface area contributed by atoms with Crippen LogP contribution in [0.2, 0.25) is 0 Å². The number of aryl methyl sites for hydroxylation is 2. The molecule has 32 heavy (non-hydrogen) atoms. The van der Waals surface area contributed by atoms with E-state index in [0.717, 1.165) is 22.0 Å². The molecule has 4 rings (SSSR count). The largest absolute Gasteiger partial charge is 0.467 e. The number of rotatable bonds is 7. The molecule has 0 spiro atoms. The Morgan fingerprint density at radius 3 is 2.91 bits per heavy atom. The highest BCUT2D eigenvalue weighted by atomic mass is 32.2. The molecular formula is C23H24N4O4S. The van der Waals surface area contributed by atoms with E-state index in [2.05, 4.69) is 33.8 Å². The maximum absolute atomic E-state index is 12.8. The zero-order valence-electron chi connectivity index (χ0n) is 18.0. The first-order valence-corrected chi connectivity index (χ1v) is 11.2. The fraction of sp³-hybridized carbons (Fsp3) is 0.261. The number of hydrogen-bond acceptors (Lipinski definition) is 6. The Labute approximate surface area is 190 Å². The summed E-state index contributed by atoms with van der Waals surface area (Å²) < 4.78 is 12.8. The van der Waals surface area contributed by atoms with Crippen LogP contribution in [-0.2, 0) is 9.53 Å². The van der Waals surface area contributed by atoms with Crippen molar-refractivity contribution in [3.05, 3.63) is 77.1 Å². The van der Waals surface area contributed by atoms with Gasteiger partial charge in [0.2, 0.25) is 0 Å². The fourth-order valence-corrected chi connectivity index (χ4v) is 4.48. The van der Waals surface area contributed by atoms with Crippen molar-refractivity contribution in [1.29, 1.82) is 0 Å². The standard InChI is InChI=1S/C23H24N4O4S/c1-4-30-21(28)19-16(25-22(29)26-20(19)18-6-5-11-31-18)13-32-23-24-9-10-27(23)17-12-14(2)7-8-15(17)3/h5-12,20H,4,13H2,1-3H3,(H2,25,26,29)/t20-/m1/s1. The van der Waals surface area contributed by atoms with Crippen molar-refractivity contribution in [2.45, 2.75) is 32.0 Å². The van der Waals surface area contributed by atoms with Crippen LogP contribution in [0.1, 0.15) is 29.9 Å². The summed E-state index contributed by atoms with van der Waals surface area (Å²) in [7, 11) is 0. The molecule has 9 heteroatoms. The normalized spacial score (nSPS) is 16.0. The highest BCUT2D eigenvalue weighted by Crippen LogP contribution is 2.31. The highest BCUT2D eigenvalue weighted by Gasteiger charge is 2.35. The first-order chi connectivity index (χ1) is 15.5. The average Bonchev–Trinajstić information content (AvgIpc) is 3.46. The Kier molecular flexibility index (Phi) is 6.36. The zero-order chi connectivity index (χ0) is 22.7. The van der Waals surface area contributed by atoms with E-state index in [-0.39, 0.29) is 6.61 Å². The quantitative estimate of drug-likeness (QED) is 0.415. The Morgan fingerprint density at radius 1 is 1.31 bits per heavy atom. The second-order valence-electron chi connectivity index (χ2n) is 7.32. The smallest absolute Gasteiger partial charge is 0.338 e. The summed E-state index contributed by atoms with van der Waals surface area (Å²) in [5.74, 6) is 0.276. The number of ether oxygens (including phenoxy) is 1. The number of imidazole rings is 1. The van der Waals surface area contributed by atoms with E-state index in [1.54, 1.807) is 25.3 Å². The van der Waals surface area contributed by atoms with E-state index in [9.17, 15) is 9.59 Å². The van der Waals surface area contributed by atoms with Gasteiger partial charge in [-0.1, -0.05) is 23.9 Å². The number of nitrogens with zero attached hydrogens (tertiary/aromatic N) is 2. The first-order valence-electron chi connectivity index (χ1n) is 10.2. The van der Waals surface area contributed by atoms with Crippen LogP contribution in [0.5, 0.6) is 0 Å². The van der Waals surface area contributed by atoms with Gasteiger partial charge in [0.15, 0.2) is 5.16 Å². The van der Waals surface area contributed by atoms with Crippen LogP contribution in [0.4, 0.5) is 4.79 Å². The van der Waals surface area contributed by atoms with Gasteiger partial charge in [0, 0.05) is 23.8 Å². The van der Waals surface area contributed by atoms with Gasteiger partial charge in [-0.2, -0.15) is 0 Å². The third-order valence-electron chi connectivity index (χ3n) is 5.05. The number of aromatic nitrogens is 2. The highest BCUT2D eigenvalue weighted by molar-refractivity contribution is 7.99.